The van der Waals surface area contributed by atoms with Gasteiger partial charge in [-0.2, -0.15) is 0 Å². The summed E-state index contributed by atoms with van der Waals surface area (Å²) in [6.07, 6.45) is 0.182. The molecule has 1 saturated heterocycles. The van der Waals surface area contributed by atoms with Crippen LogP contribution in [-0.2, 0) is 0 Å². The molecule has 0 bridgehead atoms. The van der Waals surface area contributed by atoms with Crippen molar-refractivity contribution in [3.8, 4) is 0 Å². The molecule has 1 aliphatic heterocycles. The van der Waals surface area contributed by atoms with Gasteiger partial charge in [0.15, 0.2) is 0 Å². The Bertz CT molecular complexity index is 57.1. The summed E-state index contributed by atoms with van der Waals surface area (Å²) in [4.78, 5) is 2.00. The number of rotatable bonds is 0. The highest BCUT2D eigenvalue weighted by atomic mass is 19.1. The van der Waals surface area contributed by atoms with Crippen molar-refractivity contribution < 1.29 is 4.39 Å². The van der Waals surface area contributed by atoms with Gasteiger partial charge in [-0.05, 0) is 13.5 Å². The van der Waals surface area contributed by atoms with Gasteiger partial charge < -0.3 is 4.90 Å². The molecule has 1 fully saturated rings. The van der Waals surface area contributed by atoms with Crippen LogP contribution in [0.1, 0.15) is 6.42 Å². The van der Waals surface area contributed by atoms with Gasteiger partial charge in [0.05, 0.1) is 0 Å². The van der Waals surface area contributed by atoms with Crippen LogP contribution in [0.25, 0.3) is 0 Å². The summed E-state index contributed by atoms with van der Waals surface area (Å²) in [5, 5.41) is 0. The van der Waals surface area contributed by atoms with Crippen LogP contribution < -0.4 is 0 Å². The van der Waals surface area contributed by atoms with Crippen molar-refractivity contribution in [3.63, 3.8) is 0 Å². The molecule has 42 valence electrons. The van der Waals surface area contributed by atoms with Crippen molar-refractivity contribution in [2.75, 3.05) is 20.1 Å². The van der Waals surface area contributed by atoms with E-state index < -0.39 is 6.17 Å². The number of likely N-dealkylation sites (tertiary alicyclic amines) is 1. The summed E-state index contributed by atoms with van der Waals surface area (Å²) in [5.41, 5.74) is 0. The highest BCUT2D eigenvalue weighted by Crippen LogP contribution is 2.08. The topological polar surface area (TPSA) is 3.24 Å². The standard InChI is InChI=1S/C5H10FN/c1-7-3-2-5(6)4-7/h5H,2-4H2,1H3. The lowest BCUT2D eigenvalue weighted by Gasteiger charge is -2.01. The maximum absolute atomic E-state index is 12.1. The molecule has 0 amide bonds. The molecule has 0 spiro atoms. The number of alkyl halides is 1. The maximum atomic E-state index is 12.1. The van der Waals surface area contributed by atoms with Gasteiger partial charge in [0.1, 0.15) is 6.17 Å². The first-order valence-electron chi connectivity index (χ1n) is 2.61. The molecule has 0 aromatic carbocycles. The van der Waals surface area contributed by atoms with Crippen LogP contribution >= 0.6 is 0 Å². The predicted molar refractivity (Wildman–Crippen MR) is 27.0 cm³/mol. The molecule has 0 aromatic rings. The molecule has 1 rings (SSSR count). The third-order valence-electron chi connectivity index (χ3n) is 1.33. The lowest BCUT2D eigenvalue weighted by Crippen LogP contribution is -2.13. The number of halogens is 1. The smallest absolute Gasteiger partial charge is 0.114 e. The normalized spacial score (nSPS) is 34.3. The van der Waals surface area contributed by atoms with Gasteiger partial charge in [0, 0.05) is 13.1 Å². The highest BCUT2D eigenvalue weighted by Gasteiger charge is 2.16. The molecule has 0 N–H and O–H groups in total. The van der Waals surface area contributed by atoms with Crippen LogP contribution in [0, 0.1) is 0 Å². The zero-order valence-corrected chi connectivity index (χ0v) is 4.52. The molecule has 2 heteroatoms. The van der Waals surface area contributed by atoms with Crippen molar-refractivity contribution >= 4 is 0 Å². The summed E-state index contributed by atoms with van der Waals surface area (Å²) >= 11 is 0. The van der Waals surface area contributed by atoms with Gasteiger partial charge in [-0.3, -0.25) is 0 Å². The Kier molecular flexibility index (Phi) is 1.28. The van der Waals surface area contributed by atoms with Crippen LogP contribution in [0.5, 0.6) is 0 Å². The predicted octanol–water partition coefficient (Wildman–Crippen LogP) is 0.660. The summed E-state index contributed by atoms with van der Waals surface area (Å²) in [7, 11) is 1.94. The molecular formula is C5H10FN. The molecule has 0 aliphatic carbocycles. The van der Waals surface area contributed by atoms with Crippen LogP contribution in [-0.4, -0.2) is 31.2 Å². The lowest BCUT2D eigenvalue weighted by molar-refractivity contribution is 0.321. The Labute approximate surface area is 43.1 Å². The van der Waals surface area contributed by atoms with Gasteiger partial charge in [-0.15, -0.1) is 0 Å². The Balaban J connectivity index is 2.26. The average Bonchev–Trinajstić information content (AvgIpc) is 1.87. The minimum absolute atomic E-state index is 0.551. The van der Waals surface area contributed by atoms with Crippen molar-refractivity contribution in [3.05, 3.63) is 0 Å². The summed E-state index contributed by atoms with van der Waals surface area (Å²) in [5.74, 6) is 0. The molecule has 1 heterocycles. The van der Waals surface area contributed by atoms with E-state index >= 15 is 0 Å². The quantitative estimate of drug-likeness (QED) is 0.435. The van der Waals surface area contributed by atoms with Crippen molar-refractivity contribution in [1.29, 1.82) is 0 Å². The first-order chi connectivity index (χ1) is 3.29. The fourth-order valence-electron chi connectivity index (χ4n) is 0.881. The molecule has 1 atom stereocenters. The van der Waals surface area contributed by atoms with Gasteiger partial charge in [-0.1, -0.05) is 0 Å². The molecular weight excluding hydrogens is 93.1 g/mol. The van der Waals surface area contributed by atoms with Gasteiger partial charge in [-0.25, -0.2) is 4.39 Å². The van der Waals surface area contributed by atoms with E-state index in [1.165, 1.54) is 0 Å². The maximum Gasteiger partial charge on any atom is 0.114 e. The van der Waals surface area contributed by atoms with Crippen molar-refractivity contribution in [1.82, 2.24) is 4.90 Å². The van der Waals surface area contributed by atoms with E-state index in [0.717, 1.165) is 13.0 Å². The van der Waals surface area contributed by atoms with Gasteiger partial charge in [0.2, 0.25) is 0 Å². The molecule has 7 heavy (non-hydrogen) atoms. The van der Waals surface area contributed by atoms with E-state index in [1.807, 2.05) is 11.9 Å². The Morgan fingerprint density at radius 1 is 1.71 bits per heavy atom. The number of hydrogen-bond acceptors (Lipinski definition) is 1. The summed E-state index contributed by atoms with van der Waals surface area (Å²) in [6, 6.07) is 0. The van der Waals surface area contributed by atoms with Crippen molar-refractivity contribution in [2.45, 2.75) is 12.6 Å². The molecule has 1 nitrogen and oxygen atoms in total. The Hall–Kier alpha value is -0.110. The second-order valence-electron chi connectivity index (χ2n) is 2.15. The summed E-state index contributed by atoms with van der Waals surface area (Å²) < 4.78 is 12.1. The SMILES string of the molecule is CN1CCC(F)C1. The third-order valence-corrected chi connectivity index (χ3v) is 1.33. The highest BCUT2D eigenvalue weighted by molar-refractivity contribution is 4.70. The average molecular weight is 103 g/mol. The molecule has 0 radical (unpaired) electrons. The monoisotopic (exact) mass is 103 g/mol. The van der Waals surface area contributed by atoms with Crippen molar-refractivity contribution in [2.24, 2.45) is 0 Å². The lowest BCUT2D eigenvalue weighted by atomic mass is 10.4. The first-order valence-corrected chi connectivity index (χ1v) is 2.61. The number of hydrogen-bond donors (Lipinski definition) is 0. The van der Waals surface area contributed by atoms with Gasteiger partial charge >= 0.3 is 0 Å². The molecule has 1 aliphatic rings. The minimum atomic E-state index is -0.551. The van der Waals surface area contributed by atoms with Crippen LogP contribution in [0.4, 0.5) is 4.39 Å². The van der Waals surface area contributed by atoms with Crippen LogP contribution in [0.3, 0.4) is 0 Å². The molecule has 1 unspecified atom stereocenters. The van der Waals surface area contributed by atoms with E-state index in [2.05, 4.69) is 0 Å². The van der Waals surface area contributed by atoms with E-state index in [4.69, 9.17) is 0 Å². The largest absolute Gasteiger partial charge is 0.303 e. The Morgan fingerprint density at radius 3 is 2.57 bits per heavy atom. The van der Waals surface area contributed by atoms with E-state index in [9.17, 15) is 4.39 Å². The zero-order chi connectivity index (χ0) is 5.28. The first kappa shape index (κ1) is 5.04. The molecule has 0 saturated carbocycles. The second-order valence-corrected chi connectivity index (χ2v) is 2.15. The summed E-state index contributed by atoms with van der Waals surface area (Å²) in [6.45, 7) is 1.57. The minimum Gasteiger partial charge on any atom is -0.303 e. The van der Waals surface area contributed by atoms with E-state index in [0.29, 0.717) is 6.54 Å². The third kappa shape index (κ3) is 1.13. The zero-order valence-electron chi connectivity index (χ0n) is 4.52. The fourth-order valence-corrected chi connectivity index (χ4v) is 0.881. The molecule has 0 aromatic heterocycles. The van der Waals surface area contributed by atoms with E-state index in [1.54, 1.807) is 0 Å². The number of nitrogens with zero attached hydrogens (tertiary/aromatic N) is 1. The van der Waals surface area contributed by atoms with E-state index in [-0.39, 0.29) is 0 Å². The van der Waals surface area contributed by atoms with Gasteiger partial charge in [0.25, 0.3) is 0 Å². The second kappa shape index (κ2) is 1.78. The Morgan fingerprint density at radius 2 is 2.43 bits per heavy atom. The van der Waals surface area contributed by atoms with Crippen LogP contribution in [0.15, 0.2) is 0 Å². The van der Waals surface area contributed by atoms with Crippen LogP contribution in [0.2, 0.25) is 0 Å². The fraction of sp³-hybridized carbons (Fsp3) is 1.00.